The molecule has 0 spiro atoms. The van der Waals surface area contributed by atoms with Crippen LogP contribution in [0, 0.1) is 6.92 Å². The van der Waals surface area contributed by atoms with E-state index >= 15 is 0 Å². The van der Waals surface area contributed by atoms with E-state index in [0.29, 0.717) is 31.5 Å². The monoisotopic (exact) mass is 394 g/mol. The van der Waals surface area contributed by atoms with Gasteiger partial charge in [0.05, 0.1) is 0 Å². The summed E-state index contributed by atoms with van der Waals surface area (Å²) in [5, 5.41) is 9.11. The molecule has 9 heteroatoms. The average Bonchev–Trinajstić information content (AvgIpc) is 2.67. The number of alkyl halides is 3. The second-order valence-corrected chi connectivity index (χ2v) is 6.38. The van der Waals surface area contributed by atoms with Crippen LogP contribution in [0.3, 0.4) is 0 Å². The van der Waals surface area contributed by atoms with Crippen LogP contribution >= 0.6 is 0 Å². The highest BCUT2D eigenvalue weighted by molar-refractivity contribution is 5.79. The Bertz CT molecular complexity index is 774. The number of benzene rings is 1. The van der Waals surface area contributed by atoms with Crippen molar-refractivity contribution in [3.05, 3.63) is 53.3 Å². The second-order valence-electron chi connectivity index (χ2n) is 6.38. The van der Waals surface area contributed by atoms with Gasteiger partial charge in [0.2, 0.25) is 5.95 Å². The summed E-state index contributed by atoms with van der Waals surface area (Å²) >= 11 is 0. The quantitative estimate of drug-likeness (QED) is 0.382. The van der Waals surface area contributed by atoms with E-state index in [1.807, 2.05) is 0 Å². The summed E-state index contributed by atoms with van der Waals surface area (Å²) in [6, 6.07) is 9.22. The van der Waals surface area contributed by atoms with Crippen LogP contribution in [-0.2, 0) is 6.18 Å². The maximum Gasteiger partial charge on any atom is 0.433 e. The highest BCUT2D eigenvalue weighted by Gasteiger charge is 2.32. The fraction of sp³-hybridized carbons (Fsp3) is 0.421. The van der Waals surface area contributed by atoms with Crippen molar-refractivity contribution < 1.29 is 13.2 Å². The van der Waals surface area contributed by atoms with Crippen molar-refractivity contribution >= 4 is 11.9 Å². The fourth-order valence-corrected chi connectivity index (χ4v) is 2.44. The minimum atomic E-state index is -4.49. The summed E-state index contributed by atoms with van der Waals surface area (Å²) < 4.78 is 37.9. The van der Waals surface area contributed by atoms with Crippen LogP contribution in [0.4, 0.5) is 19.1 Å². The molecule has 1 aromatic carbocycles. The predicted octanol–water partition coefficient (Wildman–Crippen LogP) is 3.18. The van der Waals surface area contributed by atoms with Gasteiger partial charge >= 0.3 is 6.18 Å². The van der Waals surface area contributed by atoms with E-state index in [2.05, 4.69) is 69.0 Å². The molecule has 0 bridgehead atoms. The van der Waals surface area contributed by atoms with Gasteiger partial charge < -0.3 is 16.0 Å². The van der Waals surface area contributed by atoms with Gasteiger partial charge in [0.1, 0.15) is 5.69 Å². The number of aliphatic imine (C=N–C) groups is 1. The van der Waals surface area contributed by atoms with Crippen LogP contribution < -0.4 is 16.0 Å². The number of rotatable bonds is 7. The summed E-state index contributed by atoms with van der Waals surface area (Å²) in [5.41, 5.74) is 1.48. The molecule has 2 aromatic rings. The van der Waals surface area contributed by atoms with Gasteiger partial charge in [0.25, 0.3) is 0 Å². The predicted molar refractivity (Wildman–Crippen MR) is 104 cm³/mol. The molecule has 1 aromatic heterocycles. The summed E-state index contributed by atoms with van der Waals surface area (Å²) in [5.74, 6) is 0.856. The smallest absolute Gasteiger partial charge is 0.356 e. The van der Waals surface area contributed by atoms with Gasteiger partial charge in [-0.05, 0) is 24.5 Å². The standard InChI is InChI=1S/C19H25F3N6/c1-13-4-6-15(7-5-13)14(2)12-27-17(23-3)25-10-11-26-18-24-9-8-16(28-18)19(20,21)22/h4-9,14H,10-12H2,1-3H3,(H2,23,25,27)(H,24,26,28). The molecule has 0 aliphatic rings. The molecule has 0 saturated carbocycles. The van der Waals surface area contributed by atoms with E-state index in [1.165, 1.54) is 11.1 Å². The molecule has 1 atom stereocenters. The zero-order valence-electron chi connectivity index (χ0n) is 16.1. The number of hydrogen-bond acceptors (Lipinski definition) is 4. The molecule has 3 N–H and O–H groups in total. The molecule has 2 rings (SSSR count). The van der Waals surface area contributed by atoms with Crippen LogP contribution in [-0.4, -0.2) is 42.6 Å². The molecule has 0 aliphatic heterocycles. The SMILES string of the molecule is CN=C(NCCNc1nccc(C(F)(F)F)n1)NCC(C)c1ccc(C)cc1. The second kappa shape index (κ2) is 9.91. The number of guanidine groups is 1. The van der Waals surface area contributed by atoms with E-state index in [-0.39, 0.29) is 5.95 Å². The fourth-order valence-electron chi connectivity index (χ4n) is 2.44. The van der Waals surface area contributed by atoms with Crippen LogP contribution in [0.5, 0.6) is 0 Å². The third kappa shape index (κ3) is 6.71. The molecule has 0 radical (unpaired) electrons. The summed E-state index contributed by atoms with van der Waals surface area (Å²) in [6.07, 6.45) is -3.41. The number of halogens is 3. The number of aromatic nitrogens is 2. The highest BCUT2D eigenvalue weighted by Crippen LogP contribution is 2.27. The summed E-state index contributed by atoms with van der Waals surface area (Å²) in [7, 11) is 1.66. The van der Waals surface area contributed by atoms with Gasteiger partial charge in [-0.2, -0.15) is 13.2 Å². The molecule has 1 heterocycles. The Labute approximate surface area is 162 Å². The Kier molecular flexibility index (Phi) is 7.60. The van der Waals surface area contributed by atoms with Gasteiger partial charge in [-0.1, -0.05) is 36.8 Å². The lowest BCUT2D eigenvalue weighted by molar-refractivity contribution is -0.141. The van der Waals surface area contributed by atoms with E-state index in [0.717, 1.165) is 12.3 Å². The maximum absolute atomic E-state index is 12.6. The lowest BCUT2D eigenvalue weighted by Gasteiger charge is -2.17. The minimum Gasteiger partial charge on any atom is -0.356 e. The first kappa shape index (κ1) is 21.5. The minimum absolute atomic E-state index is 0.0624. The molecule has 0 aliphatic carbocycles. The molecule has 152 valence electrons. The highest BCUT2D eigenvalue weighted by atomic mass is 19.4. The molecule has 28 heavy (non-hydrogen) atoms. The van der Waals surface area contributed by atoms with Gasteiger partial charge in [0, 0.05) is 32.9 Å². The van der Waals surface area contributed by atoms with Crippen molar-refractivity contribution in [1.29, 1.82) is 0 Å². The Balaban J connectivity index is 1.74. The number of anilines is 1. The normalized spacial score (nSPS) is 13.1. The zero-order valence-corrected chi connectivity index (χ0v) is 16.1. The molecule has 0 amide bonds. The summed E-state index contributed by atoms with van der Waals surface area (Å²) in [4.78, 5) is 11.4. The Morgan fingerprint density at radius 3 is 2.46 bits per heavy atom. The molecule has 0 saturated heterocycles. The van der Waals surface area contributed by atoms with Crippen molar-refractivity contribution in [2.45, 2.75) is 25.9 Å². The van der Waals surface area contributed by atoms with E-state index in [4.69, 9.17) is 0 Å². The first-order chi connectivity index (χ1) is 13.3. The zero-order chi connectivity index (χ0) is 20.6. The van der Waals surface area contributed by atoms with Crippen molar-refractivity contribution in [2.75, 3.05) is 32.0 Å². The molecule has 6 nitrogen and oxygen atoms in total. The van der Waals surface area contributed by atoms with Crippen molar-refractivity contribution in [3.63, 3.8) is 0 Å². The third-order valence-electron chi connectivity index (χ3n) is 4.09. The number of aryl methyl sites for hydroxylation is 1. The van der Waals surface area contributed by atoms with Gasteiger partial charge in [-0.3, -0.25) is 4.99 Å². The van der Waals surface area contributed by atoms with Crippen LogP contribution in [0.15, 0.2) is 41.5 Å². The van der Waals surface area contributed by atoms with Crippen LogP contribution in [0.2, 0.25) is 0 Å². The molecule has 1 unspecified atom stereocenters. The lowest BCUT2D eigenvalue weighted by atomic mass is 10.0. The van der Waals surface area contributed by atoms with Crippen molar-refractivity contribution in [2.24, 2.45) is 4.99 Å². The van der Waals surface area contributed by atoms with E-state index in [9.17, 15) is 13.2 Å². The van der Waals surface area contributed by atoms with Crippen molar-refractivity contribution in [3.8, 4) is 0 Å². The topological polar surface area (TPSA) is 74.2 Å². The molecular weight excluding hydrogens is 369 g/mol. The van der Waals surface area contributed by atoms with Crippen LogP contribution in [0.1, 0.15) is 29.7 Å². The molecular formula is C19H25F3N6. The lowest BCUT2D eigenvalue weighted by Crippen LogP contribution is -2.41. The number of hydrogen-bond donors (Lipinski definition) is 3. The Morgan fingerprint density at radius 1 is 1.11 bits per heavy atom. The molecule has 0 fully saturated rings. The van der Waals surface area contributed by atoms with E-state index < -0.39 is 11.9 Å². The number of nitrogens with one attached hydrogen (secondary N) is 3. The Morgan fingerprint density at radius 2 is 1.82 bits per heavy atom. The first-order valence-corrected chi connectivity index (χ1v) is 8.95. The number of nitrogens with zero attached hydrogens (tertiary/aromatic N) is 3. The third-order valence-corrected chi connectivity index (χ3v) is 4.09. The van der Waals surface area contributed by atoms with Crippen molar-refractivity contribution in [1.82, 2.24) is 20.6 Å². The summed E-state index contributed by atoms with van der Waals surface area (Å²) in [6.45, 7) is 5.66. The van der Waals surface area contributed by atoms with E-state index in [1.54, 1.807) is 7.05 Å². The maximum atomic E-state index is 12.6. The average molecular weight is 394 g/mol. The largest absolute Gasteiger partial charge is 0.433 e. The Hall–Kier alpha value is -2.84. The van der Waals surface area contributed by atoms with Gasteiger partial charge in [-0.15, -0.1) is 0 Å². The van der Waals surface area contributed by atoms with Gasteiger partial charge in [0.15, 0.2) is 5.96 Å². The van der Waals surface area contributed by atoms with Gasteiger partial charge in [-0.25, -0.2) is 9.97 Å². The first-order valence-electron chi connectivity index (χ1n) is 8.95. The van der Waals surface area contributed by atoms with Crippen LogP contribution in [0.25, 0.3) is 0 Å².